The number of fused-ring (bicyclic) bond motifs is 1. The summed E-state index contributed by atoms with van der Waals surface area (Å²) in [6, 6.07) is 4.67. The molecule has 3 aromatic rings. The molecule has 25 heavy (non-hydrogen) atoms. The van der Waals surface area contributed by atoms with E-state index in [9.17, 15) is 13.2 Å². The van der Waals surface area contributed by atoms with Crippen LogP contribution in [0, 0.1) is 0 Å². The quantitative estimate of drug-likeness (QED) is 0.749. The van der Waals surface area contributed by atoms with Crippen LogP contribution in [0.1, 0.15) is 13.3 Å². The third-order valence-electron chi connectivity index (χ3n) is 3.69. The van der Waals surface area contributed by atoms with Crippen molar-refractivity contribution in [2.24, 2.45) is 0 Å². The van der Waals surface area contributed by atoms with Crippen LogP contribution in [0.3, 0.4) is 0 Å². The van der Waals surface area contributed by atoms with Crippen LogP contribution in [0.15, 0.2) is 46.6 Å². The number of rotatable bonds is 5. The fourth-order valence-corrected chi connectivity index (χ4v) is 3.13. The van der Waals surface area contributed by atoms with Crippen molar-refractivity contribution < 1.29 is 13.2 Å². The molecule has 0 spiro atoms. The van der Waals surface area contributed by atoms with E-state index in [1.807, 2.05) is 6.92 Å². The molecule has 0 saturated carbocycles. The molecule has 3 rings (SSSR count). The monoisotopic (exact) mass is 359 g/mol. The Balaban J connectivity index is 2.31. The summed E-state index contributed by atoms with van der Waals surface area (Å²) < 4.78 is 29.6. The second-order valence-electron chi connectivity index (χ2n) is 5.60. The molecule has 2 heterocycles. The van der Waals surface area contributed by atoms with Gasteiger partial charge in [0.15, 0.2) is 9.84 Å². The van der Waals surface area contributed by atoms with Crippen LogP contribution in [0.5, 0.6) is 5.75 Å². The molecule has 8 heteroatoms. The van der Waals surface area contributed by atoms with Gasteiger partial charge in [0.2, 0.25) is 0 Å². The zero-order valence-corrected chi connectivity index (χ0v) is 14.6. The number of H-pyrrole nitrogens is 1. The number of sulfone groups is 1. The normalized spacial score (nSPS) is 11.6. The average Bonchev–Trinajstić information content (AvgIpc) is 2.60. The van der Waals surface area contributed by atoms with Crippen LogP contribution in [0.4, 0.5) is 0 Å². The Kier molecular flexibility index (Phi) is 4.54. The van der Waals surface area contributed by atoms with Crippen molar-refractivity contribution in [2.75, 3.05) is 12.9 Å². The molecule has 1 aromatic carbocycles. The van der Waals surface area contributed by atoms with E-state index < -0.39 is 9.84 Å². The summed E-state index contributed by atoms with van der Waals surface area (Å²) in [7, 11) is -3.39. The molecule has 0 saturated heterocycles. The second kappa shape index (κ2) is 6.64. The Morgan fingerprint density at radius 1 is 1.24 bits per heavy atom. The number of pyridine rings is 1. The fourth-order valence-electron chi connectivity index (χ4n) is 2.49. The lowest BCUT2D eigenvalue weighted by Gasteiger charge is -2.13. The number of hydrogen-bond donors (Lipinski definition) is 1. The summed E-state index contributed by atoms with van der Waals surface area (Å²) in [4.78, 5) is 22.9. The first-order valence-electron chi connectivity index (χ1n) is 7.70. The summed E-state index contributed by atoms with van der Waals surface area (Å²) in [6.07, 6.45) is 6.24. The summed E-state index contributed by atoms with van der Waals surface area (Å²) in [5.74, 6) is 0.529. The Morgan fingerprint density at radius 3 is 2.76 bits per heavy atom. The number of nitrogens with one attached hydrogen (secondary N) is 1. The van der Waals surface area contributed by atoms with Crippen molar-refractivity contribution in [2.45, 2.75) is 18.2 Å². The lowest BCUT2D eigenvalue weighted by Crippen LogP contribution is -2.08. The molecule has 0 aliphatic heterocycles. The molecule has 0 unspecified atom stereocenters. The highest BCUT2D eigenvalue weighted by atomic mass is 32.2. The van der Waals surface area contributed by atoms with Crippen molar-refractivity contribution >= 4 is 20.7 Å². The number of aromatic nitrogens is 3. The van der Waals surface area contributed by atoms with E-state index in [1.165, 1.54) is 30.9 Å². The fraction of sp³-hybridized carbons (Fsp3) is 0.235. The van der Waals surface area contributed by atoms with Crippen LogP contribution < -0.4 is 10.3 Å². The first-order valence-corrected chi connectivity index (χ1v) is 9.59. The zero-order chi connectivity index (χ0) is 18.0. The standard InChI is InChI=1S/C17H17N3O4S/c1-3-6-24-15-5-4-11(25(2,22)23)7-12(15)13-9-19-17(21)14-8-18-10-20-16(13)14/h4-5,7-10H,3,6H2,1-2H3,(H,19,21). The van der Waals surface area contributed by atoms with Gasteiger partial charge in [0.25, 0.3) is 5.56 Å². The Bertz CT molecular complexity index is 1090. The minimum Gasteiger partial charge on any atom is -0.493 e. The summed E-state index contributed by atoms with van der Waals surface area (Å²) in [5, 5.41) is 0.325. The number of aromatic amines is 1. The predicted molar refractivity (Wildman–Crippen MR) is 94.5 cm³/mol. The van der Waals surface area contributed by atoms with E-state index in [0.29, 0.717) is 34.4 Å². The van der Waals surface area contributed by atoms with E-state index in [-0.39, 0.29) is 10.5 Å². The van der Waals surface area contributed by atoms with E-state index in [0.717, 1.165) is 12.7 Å². The summed E-state index contributed by atoms with van der Waals surface area (Å²) in [6.45, 7) is 2.47. The van der Waals surface area contributed by atoms with Crippen molar-refractivity contribution in [1.29, 1.82) is 0 Å². The highest BCUT2D eigenvalue weighted by molar-refractivity contribution is 7.90. The zero-order valence-electron chi connectivity index (χ0n) is 13.8. The van der Waals surface area contributed by atoms with Crippen molar-refractivity contribution in [1.82, 2.24) is 15.0 Å². The Labute approximate surface area is 144 Å². The maximum atomic E-state index is 12.0. The average molecular weight is 359 g/mol. The molecule has 0 aliphatic rings. The highest BCUT2D eigenvalue weighted by Gasteiger charge is 2.17. The van der Waals surface area contributed by atoms with Gasteiger partial charge in [-0.15, -0.1) is 0 Å². The van der Waals surface area contributed by atoms with Gasteiger partial charge >= 0.3 is 0 Å². The molecule has 130 valence electrons. The highest BCUT2D eigenvalue weighted by Crippen LogP contribution is 2.34. The summed E-state index contributed by atoms with van der Waals surface area (Å²) in [5.41, 5.74) is 1.25. The molecule has 7 nitrogen and oxygen atoms in total. The second-order valence-corrected chi connectivity index (χ2v) is 7.61. The molecule has 0 radical (unpaired) electrons. The molecule has 0 atom stereocenters. The van der Waals surface area contributed by atoms with Crippen LogP contribution in [-0.4, -0.2) is 36.2 Å². The van der Waals surface area contributed by atoms with E-state index in [4.69, 9.17) is 4.74 Å². The minimum absolute atomic E-state index is 0.166. The predicted octanol–water partition coefficient (Wildman–Crippen LogP) is 2.18. The van der Waals surface area contributed by atoms with Crippen LogP contribution in [0.2, 0.25) is 0 Å². The van der Waals surface area contributed by atoms with E-state index in [2.05, 4.69) is 15.0 Å². The number of benzene rings is 1. The van der Waals surface area contributed by atoms with E-state index in [1.54, 1.807) is 6.07 Å². The molecular formula is C17H17N3O4S. The third-order valence-corrected chi connectivity index (χ3v) is 4.80. The van der Waals surface area contributed by atoms with Gasteiger partial charge in [0, 0.05) is 29.8 Å². The van der Waals surface area contributed by atoms with Crippen molar-refractivity contribution in [3.8, 4) is 16.9 Å². The lowest BCUT2D eigenvalue weighted by molar-refractivity contribution is 0.318. The molecule has 1 N–H and O–H groups in total. The van der Waals surface area contributed by atoms with Crippen LogP contribution in [0.25, 0.3) is 22.0 Å². The molecular weight excluding hydrogens is 342 g/mol. The van der Waals surface area contributed by atoms with Gasteiger partial charge in [-0.25, -0.2) is 18.4 Å². The number of hydrogen-bond acceptors (Lipinski definition) is 6. The SMILES string of the molecule is CCCOc1ccc(S(C)(=O)=O)cc1-c1c[nH]c(=O)c2cncnc12. The molecule has 0 amide bonds. The molecule has 0 bridgehead atoms. The summed E-state index contributed by atoms with van der Waals surface area (Å²) >= 11 is 0. The van der Waals surface area contributed by atoms with Crippen LogP contribution >= 0.6 is 0 Å². The molecule has 0 fully saturated rings. The van der Waals surface area contributed by atoms with Gasteiger partial charge in [0.05, 0.1) is 22.4 Å². The first kappa shape index (κ1) is 17.1. The minimum atomic E-state index is -3.39. The smallest absolute Gasteiger partial charge is 0.259 e. The van der Waals surface area contributed by atoms with E-state index >= 15 is 0 Å². The first-order chi connectivity index (χ1) is 11.9. The third kappa shape index (κ3) is 3.39. The van der Waals surface area contributed by atoms with Gasteiger partial charge in [0.1, 0.15) is 12.1 Å². The maximum Gasteiger partial charge on any atom is 0.259 e. The van der Waals surface area contributed by atoms with Crippen molar-refractivity contribution in [3.63, 3.8) is 0 Å². The topological polar surface area (TPSA) is 102 Å². The largest absolute Gasteiger partial charge is 0.493 e. The Morgan fingerprint density at radius 2 is 2.04 bits per heavy atom. The number of nitrogens with zero attached hydrogens (tertiary/aromatic N) is 2. The molecule has 0 aliphatic carbocycles. The van der Waals surface area contributed by atoms with Gasteiger partial charge in [-0.3, -0.25) is 4.79 Å². The maximum absolute atomic E-state index is 12.0. The van der Waals surface area contributed by atoms with Gasteiger partial charge < -0.3 is 9.72 Å². The van der Waals surface area contributed by atoms with Crippen molar-refractivity contribution in [3.05, 3.63) is 47.3 Å². The van der Waals surface area contributed by atoms with Crippen LogP contribution in [-0.2, 0) is 9.84 Å². The molecule has 2 aromatic heterocycles. The van der Waals surface area contributed by atoms with Gasteiger partial charge in [-0.05, 0) is 24.6 Å². The van der Waals surface area contributed by atoms with Gasteiger partial charge in [-0.1, -0.05) is 6.92 Å². The Hall–Kier alpha value is -2.74. The number of ether oxygens (including phenoxy) is 1. The lowest BCUT2D eigenvalue weighted by atomic mass is 10.0. The van der Waals surface area contributed by atoms with Gasteiger partial charge in [-0.2, -0.15) is 0 Å².